The lowest BCUT2D eigenvalue weighted by Gasteiger charge is -2.21. The molecule has 0 spiro atoms. The van der Waals surface area contributed by atoms with Crippen LogP contribution in [0.1, 0.15) is 42.1 Å². The van der Waals surface area contributed by atoms with Gasteiger partial charge in [0.05, 0.1) is 4.90 Å². The quantitative estimate of drug-likeness (QED) is 0.601. The molecule has 2 saturated heterocycles. The van der Waals surface area contributed by atoms with Gasteiger partial charge in [-0.15, -0.1) is 0 Å². The number of sulfonamides is 1. The summed E-state index contributed by atoms with van der Waals surface area (Å²) in [5, 5.41) is 3.31. The SMILES string of the molecule is C[C@]1(CCc2ccccc2)NC(=O)N(NC(=O)c2cccc(S(=O)(=O)N3CCCC3)c2)C1=O. The Morgan fingerprint density at radius 1 is 1.06 bits per heavy atom. The minimum absolute atomic E-state index is 0.00181. The van der Waals surface area contributed by atoms with Crippen LogP contribution in [0.25, 0.3) is 0 Å². The number of rotatable bonds is 7. The molecule has 2 fully saturated rings. The van der Waals surface area contributed by atoms with Gasteiger partial charge in [-0.1, -0.05) is 36.4 Å². The topological polar surface area (TPSA) is 116 Å². The van der Waals surface area contributed by atoms with Crippen LogP contribution in [0.5, 0.6) is 0 Å². The van der Waals surface area contributed by atoms with Gasteiger partial charge in [0.25, 0.3) is 11.8 Å². The van der Waals surface area contributed by atoms with Crippen molar-refractivity contribution in [3.8, 4) is 0 Å². The molecule has 2 aliphatic rings. The van der Waals surface area contributed by atoms with Crippen LogP contribution in [0.3, 0.4) is 0 Å². The molecule has 2 heterocycles. The van der Waals surface area contributed by atoms with Crippen LogP contribution in [0.2, 0.25) is 0 Å². The lowest BCUT2D eigenvalue weighted by atomic mass is 9.93. The van der Waals surface area contributed by atoms with Crippen molar-refractivity contribution < 1.29 is 22.8 Å². The summed E-state index contributed by atoms with van der Waals surface area (Å²) in [6, 6.07) is 14.4. The average Bonchev–Trinajstić information content (AvgIpc) is 3.43. The van der Waals surface area contributed by atoms with Crippen LogP contribution >= 0.6 is 0 Å². The number of hydrogen-bond donors (Lipinski definition) is 2. The normalized spacial score (nSPS) is 21.3. The molecule has 33 heavy (non-hydrogen) atoms. The van der Waals surface area contributed by atoms with Gasteiger partial charge in [-0.25, -0.2) is 13.2 Å². The van der Waals surface area contributed by atoms with Crippen molar-refractivity contribution in [3.05, 3.63) is 65.7 Å². The first kappa shape index (κ1) is 22.9. The molecule has 0 aliphatic carbocycles. The molecule has 4 amide bonds. The molecule has 1 atom stereocenters. The maximum Gasteiger partial charge on any atom is 0.344 e. The van der Waals surface area contributed by atoms with Gasteiger partial charge in [0.1, 0.15) is 5.54 Å². The van der Waals surface area contributed by atoms with Gasteiger partial charge >= 0.3 is 6.03 Å². The molecule has 2 N–H and O–H groups in total. The zero-order valence-electron chi connectivity index (χ0n) is 18.3. The van der Waals surface area contributed by atoms with Gasteiger partial charge in [0.15, 0.2) is 0 Å². The molecule has 2 aromatic rings. The molecular weight excluding hydrogens is 444 g/mol. The van der Waals surface area contributed by atoms with Crippen LogP contribution in [0.15, 0.2) is 59.5 Å². The Labute approximate surface area is 192 Å². The summed E-state index contributed by atoms with van der Waals surface area (Å²) in [5.41, 5.74) is 2.22. The lowest BCUT2D eigenvalue weighted by Crippen LogP contribution is -2.49. The number of nitrogens with zero attached hydrogens (tertiary/aromatic N) is 2. The molecule has 0 unspecified atom stereocenters. The number of hydrazine groups is 1. The van der Waals surface area contributed by atoms with E-state index in [1.54, 1.807) is 6.92 Å². The second-order valence-electron chi connectivity index (χ2n) is 8.47. The first-order valence-electron chi connectivity index (χ1n) is 10.8. The van der Waals surface area contributed by atoms with Crippen molar-refractivity contribution in [2.24, 2.45) is 0 Å². The number of carbonyl (C=O) groups is 3. The summed E-state index contributed by atoms with van der Waals surface area (Å²) in [7, 11) is -3.70. The van der Waals surface area contributed by atoms with E-state index in [-0.39, 0.29) is 10.5 Å². The Balaban J connectivity index is 1.46. The van der Waals surface area contributed by atoms with Gasteiger partial charge in [-0.05, 0) is 56.4 Å². The van der Waals surface area contributed by atoms with E-state index in [0.29, 0.717) is 30.9 Å². The Bertz CT molecular complexity index is 1180. The smallest absolute Gasteiger partial charge is 0.322 e. The number of urea groups is 1. The van der Waals surface area contributed by atoms with E-state index in [2.05, 4.69) is 10.7 Å². The average molecular weight is 471 g/mol. The second kappa shape index (κ2) is 8.95. The summed E-state index contributed by atoms with van der Waals surface area (Å²) in [4.78, 5) is 38.2. The number of amides is 4. The molecule has 0 aromatic heterocycles. The highest BCUT2D eigenvalue weighted by molar-refractivity contribution is 7.89. The lowest BCUT2D eigenvalue weighted by molar-refractivity contribution is -0.132. The third-order valence-corrected chi connectivity index (χ3v) is 7.92. The minimum atomic E-state index is -3.70. The minimum Gasteiger partial charge on any atom is -0.322 e. The van der Waals surface area contributed by atoms with Crippen LogP contribution in [-0.2, 0) is 21.2 Å². The van der Waals surface area contributed by atoms with Crippen LogP contribution in [-0.4, -0.2) is 54.2 Å². The fourth-order valence-electron chi connectivity index (χ4n) is 4.04. The predicted molar refractivity (Wildman–Crippen MR) is 120 cm³/mol. The Morgan fingerprint density at radius 2 is 1.76 bits per heavy atom. The summed E-state index contributed by atoms with van der Waals surface area (Å²) in [5.74, 6) is -1.32. The summed E-state index contributed by atoms with van der Waals surface area (Å²) in [6.45, 7) is 2.51. The van der Waals surface area contributed by atoms with Crippen molar-refractivity contribution in [1.82, 2.24) is 20.1 Å². The first-order valence-corrected chi connectivity index (χ1v) is 12.3. The molecule has 174 valence electrons. The molecule has 4 rings (SSSR count). The molecule has 2 aliphatic heterocycles. The van der Waals surface area contributed by atoms with Crippen LogP contribution in [0.4, 0.5) is 4.79 Å². The van der Waals surface area contributed by atoms with E-state index in [0.717, 1.165) is 18.4 Å². The van der Waals surface area contributed by atoms with E-state index < -0.39 is 33.4 Å². The van der Waals surface area contributed by atoms with Gasteiger partial charge in [0.2, 0.25) is 10.0 Å². The predicted octanol–water partition coefficient (Wildman–Crippen LogP) is 2.06. The van der Waals surface area contributed by atoms with E-state index in [1.807, 2.05) is 30.3 Å². The summed E-state index contributed by atoms with van der Waals surface area (Å²) in [6.07, 6.45) is 2.53. The monoisotopic (exact) mass is 470 g/mol. The van der Waals surface area contributed by atoms with Crippen molar-refractivity contribution in [3.63, 3.8) is 0 Å². The van der Waals surface area contributed by atoms with Crippen molar-refractivity contribution >= 4 is 27.9 Å². The highest BCUT2D eigenvalue weighted by atomic mass is 32.2. The molecule has 0 saturated carbocycles. The molecular formula is C23H26N4O5S. The molecule has 0 bridgehead atoms. The van der Waals surface area contributed by atoms with Crippen molar-refractivity contribution in [2.75, 3.05) is 13.1 Å². The zero-order chi connectivity index (χ0) is 23.6. The summed E-state index contributed by atoms with van der Waals surface area (Å²) >= 11 is 0. The van der Waals surface area contributed by atoms with E-state index >= 15 is 0 Å². The Morgan fingerprint density at radius 3 is 2.45 bits per heavy atom. The Hall–Kier alpha value is -3.24. The van der Waals surface area contributed by atoms with E-state index in [1.165, 1.54) is 28.6 Å². The molecule has 2 aromatic carbocycles. The Kier molecular flexibility index (Phi) is 6.22. The second-order valence-corrected chi connectivity index (χ2v) is 10.4. The van der Waals surface area contributed by atoms with Gasteiger partial charge < -0.3 is 5.32 Å². The van der Waals surface area contributed by atoms with Crippen LogP contribution in [0, 0.1) is 0 Å². The van der Waals surface area contributed by atoms with Gasteiger partial charge in [-0.3, -0.25) is 15.0 Å². The van der Waals surface area contributed by atoms with Gasteiger partial charge in [-0.2, -0.15) is 9.31 Å². The highest BCUT2D eigenvalue weighted by Crippen LogP contribution is 2.24. The third kappa shape index (κ3) is 4.62. The van der Waals surface area contributed by atoms with Crippen molar-refractivity contribution in [1.29, 1.82) is 0 Å². The maximum atomic E-state index is 13.0. The van der Waals surface area contributed by atoms with Crippen LogP contribution < -0.4 is 10.7 Å². The fraction of sp³-hybridized carbons (Fsp3) is 0.348. The van der Waals surface area contributed by atoms with E-state index in [9.17, 15) is 22.8 Å². The van der Waals surface area contributed by atoms with Crippen molar-refractivity contribution in [2.45, 2.75) is 43.0 Å². The number of aryl methyl sites for hydroxylation is 1. The number of hydrogen-bond acceptors (Lipinski definition) is 5. The number of nitrogens with one attached hydrogen (secondary N) is 2. The standard InChI is InChI=1S/C23H26N4O5S/c1-23(13-12-17-8-3-2-4-9-17)21(29)27(22(30)24-23)25-20(28)18-10-7-11-19(16-18)33(31,32)26-14-5-6-15-26/h2-4,7-11,16H,5-6,12-15H2,1H3,(H,24,30)(H,25,28)/t23-/m1/s1. The largest absolute Gasteiger partial charge is 0.344 e. The van der Waals surface area contributed by atoms with Gasteiger partial charge in [0, 0.05) is 18.7 Å². The number of imide groups is 1. The molecule has 0 radical (unpaired) electrons. The first-order chi connectivity index (χ1) is 15.7. The fourth-order valence-corrected chi connectivity index (χ4v) is 5.60. The summed E-state index contributed by atoms with van der Waals surface area (Å²) < 4.78 is 27.0. The zero-order valence-corrected chi connectivity index (χ0v) is 19.1. The molecule has 9 nitrogen and oxygen atoms in total. The van der Waals surface area contributed by atoms with E-state index in [4.69, 9.17) is 0 Å². The number of carbonyl (C=O) groups excluding carboxylic acids is 3. The molecule has 10 heteroatoms. The third-order valence-electron chi connectivity index (χ3n) is 6.03. The maximum absolute atomic E-state index is 13.0. The number of benzene rings is 2. The highest BCUT2D eigenvalue weighted by Gasteiger charge is 2.48.